The normalized spacial score (nSPS) is 27.7. The van der Waals surface area contributed by atoms with Gasteiger partial charge < -0.3 is 5.32 Å². The van der Waals surface area contributed by atoms with Gasteiger partial charge in [-0.25, -0.2) is 19.6 Å². The average molecular weight is 407 g/mol. The minimum atomic E-state index is -0.405. The van der Waals surface area contributed by atoms with Gasteiger partial charge in [-0.2, -0.15) is 0 Å². The molecule has 0 saturated heterocycles. The molecule has 0 spiro atoms. The molecule has 0 radical (unpaired) electrons. The highest BCUT2D eigenvalue weighted by atomic mass is 35.5. The first kappa shape index (κ1) is 18.0. The van der Waals surface area contributed by atoms with E-state index in [1.165, 1.54) is 6.21 Å². The largest absolute Gasteiger partial charge is 0.324 e. The summed E-state index contributed by atoms with van der Waals surface area (Å²) in [5.41, 5.74) is 1.19. The number of hydrogen-bond acceptors (Lipinski definition) is 7. The monoisotopic (exact) mass is 406 g/mol. The Morgan fingerprint density at radius 3 is 3.24 bits per heavy atom. The zero-order chi connectivity index (χ0) is 19.6. The van der Waals surface area contributed by atoms with Crippen molar-refractivity contribution in [2.75, 3.05) is 5.32 Å². The lowest BCUT2D eigenvalue weighted by molar-refractivity contribution is 0.241. The topological polar surface area (TPSA) is 93.2 Å². The van der Waals surface area contributed by atoms with Crippen molar-refractivity contribution in [3.05, 3.63) is 30.2 Å². The van der Waals surface area contributed by atoms with Gasteiger partial charge >= 0.3 is 0 Å². The van der Waals surface area contributed by atoms with E-state index in [-0.39, 0.29) is 0 Å². The second-order valence-corrected chi connectivity index (χ2v) is 7.86. The highest BCUT2D eigenvalue weighted by Gasteiger charge is 2.30. The lowest BCUT2D eigenvalue weighted by atomic mass is 9.77. The van der Waals surface area contributed by atoms with Crippen molar-refractivity contribution in [3.63, 3.8) is 0 Å². The number of aromatic nitrogens is 5. The maximum Gasteiger partial charge on any atom is 0.221 e. The minimum Gasteiger partial charge on any atom is -0.324 e. The van der Waals surface area contributed by atoms with E-state index >= 15 is 0 Å². The Morgan fingerprint density at radius 1 is 1.31 bits per heavy atom. The van der Waals surface area contributed by atoms with Gasteiger partial charge in [0.2, 0.25) is 5.65 Å². The summed E-state index contributed by atoms with van der Waals surface area (Å²) in [4.78, 5) is 17.9. The molecule has 8 nitrogen and oxygen atoms in total. The Hall–Kier alpha value is -3.05. The van der Waals surface area contributed by atoms with E-state index in [0.717, 1.165) is 25.8 Å². The predicted octanol–water partition coefficient (Wildman–Crippen LogP) is 2.60. The Balaban J connectivity index is 1.33. The third-order valence-corrected chi connectivity index (χ3v) is 5.64. The van der Waals surface area contributed by atoms with Gasteiger partial charge in [0.05, 0.1) is 18.5 Å². The van der Waals surface area contributed by atoms with Gasteiger partial charge in [0, 0.05) is 12.8 Å². The number of nitrogens with one attached hydrogen (secondary N) is 1. The molecule has 0 bridgehead atoms. The molecule has 4 heterocycles. The Morgan fingerprint density at radius 2 is 2.28 bits per heavy atom. The zero-order valence-electron chi connectivity index (χ0n) is 15.6. The Labute approximate surface area is 172 Å². The molecule has 29 heavy (non-hydrogen) atoms. The number of aliphatic imine (C=N–C) groups is 2. The molecule has 1 aliphatic carbocycles. The highest BCUT2D eigenvalue weighted by Crippen LogP contribution is 2.34. The number of hydrogen-bond donors (Lipinski definition) is 1. The average Bonchev–Trinajstić information content (AvgIpc) is 3.00. The van der Waals surface area contributed by atoms with Crippen LogP contribution >= 0.6 is 11.6 Å². The molecule has 146 valence electrons. The summed E-state index contributed by atoms with van der Waals surface area (Å²) >= 11 is 6.10. The van der Waals surface area contributed by atoms with E-state index in [1.54, 1.807) is 12.3 Å². The number of alkyl halides is 1. The number of rotatable bonds is 4. The van der Waals surface area contributed by atoms with Gasteiger partial charge in [0.1, 0.15) is 11.2 Å². The van der Waals surface area contributed by atoms with Crippen molar-refractivity contribution in [1.29, 1.82) is 0 Å². The van der Waals surface area contributed by atoms with Gasteiger partial charge in [-0.1, -0.05) is 23.1 Å². The first-order valence-electron chi connectivity index (χ1n) is 9.67. The van der Waals surface area contributed by atoms with Crippen LogP contribution in [-0.2, 0) is 6.54 Å². The van der Waals surface area contributed by atoms with Crippen molar-refractivity contribution >= 4 is 41.1 Å². The summed E-state index contributed by atoms with van der Waals surface area (Å²) in [5, 5.41) is 11.2. The van der Waals surface area contributed by atoms with Crippen LogP contribution in [0.4, 0.5) is 5.82 Å². The number of halogens is 1. The number of allylic oxidation sites excluding steroid dienone is 2. The molecule has 4 atom stereocenters. The van der Waals surface area contributed by atoms with Crippen LogP contribution in [0.25, 0.3) is 11.3 Å². The van der Waals surface area contributed by atoms with Gasteiger partial charge in [-0.05, 0) is 43.3 Å². The highest BCUT2D eigenvalue weighted by molar-refractivity contribution is 6.24. The number of nitrogens with zero attached hydrogens (tertiary/aromatic N) is 7. The van der Waals surface area contributed by atoms with Crippen molar-refractivity contribution in [1.82, 2.24) is 25.0 Å². The predicted molar refractivity (Wildman–Crippen MR) is 113 cm³/mol. The van der Waals surface area contributed by atoms with Crippen LogP contribution in [0.3, 0.4) is 0 Å². The molecule has 2 aliphatic heterocycles. The molecule has 1 saturated carbocycles. The minimum absolute atomic E-state index is 0.405. The van der Waals surface area contributed by atoms with Gasteiger partial charge in [0.15, 0.2) is 11.5 Å². The first-order valence-corrected chi connectivity index (χ1v) is 10.1. The Kier molecular flexibility index (Phi) is 4.82. The summed E-state index contributed by atoms with van der Waals surface area (Å²) in [6.45, 7) is 0.772. The van der Waals surface area contributed by atoms with Crippen molar-refractivity contribution in [2.45, 2.75) is 37.2 Å². The number of fused-ring (bicyclic) bond motifs is 2. The molecule has 1 N–H and O–H groups in total. The van der Waals surface area contributed by atoms with Crippen LogP contribution < -0.4 is 5.32 Å². The standard InChI is InChI=1S/C20H19ClN8/c21-15-4-2-8-23-17(10-15)25-18-11-24-19-20(26-18)29(28-27-19)12-13-5-6-16-14(9-13)3-1-7-22-16/h1,3,7-8,10-11,13-16H,5-6,9,12H2,(H,25,26)/t13-,14-,15?,16?/m1/s1. The molecule has 2 unspecified atom stereocenters. The van der Waals surface area contributed by atoms with Gasteiger partial charge in [-0.15, -0.1) is 16.7 Å². The number of dihydropyridines is 1. The quantitative estimate of drug-likeness (QED) is 0.622. The molecule has 2 aromatic heterocycles. The van der Waals surface area contributed by atoms with Gasteiger partial charge in [-0.3, -0.25) is 4.99 Å². The molecule has 3 aliphatic rings. The fourth-order valence-electron chi connectivity index (χ4n) is 4.02. The SMILES string of the molecule is ClC1C#CC=NC(Nc2cnc3nnn(C[C@@H]4CCC5N=CC=C[C@@H]5C4)c3n2)=C1. The fourth-order valence-corrected chi connectivity index (χ4v) is 4.20. The molecule has 0 amide bonds. The van der Waals surface area contributed by atoms with Crippen LogP contribution in [-0.4, -0.2) is 48.8 Å². The van der Waals surface area contributed by atoms with Crippen LogP contribution in [0.15, 0.2) is 40.2 Å². The molecular weight excluding hydrogens is 388 g/mol. The van der Waals surface area contributed by atoms with Crippen molar-refractivity contribution in [3.8, 4) is 11.8 Å². The second-order valence-electron chi connectivity index (χ2n) is 7.39. The zero-order valence-corrected chi connectivity index (χ0v) is 16.4. The third kappa shape index (κ3) is 3.91. The molecule has 5 rings (SSSR count). The maximum atomic E-state index is 6.10. The van der Waals surface area contributed by atoms with E-state index in [4.69, 9.17) is 11.6 Å². The van der Waals surface area contributed by atoms with Crippen LogP contribution in [0.1, 0.15) is 19.3 Å². The summed E-state index contributed by atoms with van der Waals surface area (Å²) in [7, 11) is 0. The van der Waals surface area contributed by atoms with E-state index < -0.39 is 5.38 Å². The molecule has 9 heteroatoms. The molecular formula is C20H19ClN8. The molecule has 2 aromatic rings. The van der Waals surface area contributed by atoms with Crippen LogP contribution in [0.5, 0.6) is 0 Å². The molecule has 1 fully saturated rings. The first-order chi connectivity index (χ1) is 14.2. The third-order valence-electron chi connectivity index (χ3n) is 5.40. The second kappa shape index (κ2) is 7.76. The van der Waals surface area contributed by atoms with Crippen LogP contribution in [0, 0.1) is 23.7 Å². The summed E-state index contributed by atoms with van der Waals surface area (Å²) in [6, 6.07) is 0.433. The lowest BCUT2D eigenvalue weighted by Gasteiger charge is -2.33. The molecule has 0 aromatic carbocycles. The summed E-state index contributed by atoms with van der Waals surface area (Å²) in [6.07, 6.45) is 14.4. The van der Waals surface area contributed by atoms with Crippen LogP contribution in [0.2, 0.25) is 0 Å². The fraction of sp³-hybridized carbons (Fsp3) is 0.400. The van der Waals surface area contributed by atoms with E-state index in [2.05, 4.69) is 59.6 Å². The van der Waals surface area contributed by atoms with Gasteiger partial charge in [0.25, 0.3) is 0 Å². The smallest absolute Gasteiger partial charge is 0.221 e. The van der Waals surface area contributed by atoms with E-state index in [0.29, 0.717) is 40.8 Å². The van der Waals surface area contributed by atoms with Crippen molar-refractivity contribution in [2.24, 2.45) is 21.8 Å². The van der Waals surface area contributed by atoms with E-state index in [1.807, 2.05) is 10.9 Å². The summed E-state index contributed by atoms with van der Waals surface area (Å²) < 4.78 is 1.85. The Bertz CT molecular complexity index is 1100. The van der Waals surface area contributed by atoms with Crippen molar-refractivity contribution < 1.29 is 0 Å². The van der Waals surface area contributed by atoms with E-state index in [9.17, 15) is 0 Å². The maximum absolute atomic E-state index is 6.10. The summed E-state index contributed by atoms with van der Waals surface area (Å²) in [5.74, 6) is 7.77. The lowest BCUT2D eigenvalue weighted by Crippen LogP contribution is -2.30. The number of anilines is 1.